The Balaban J connectivity index is 2.01. The number of anilines is 1. The summed E-state index contributed by atoms with van der Waals surface area (Å²) in [7, 11) is 1.31. The zero-order chi connectivity index (χ0) is 18.4. The summed E-state index contributed by atoms with van der Waals surface area (Å²) in [6.45, 7) is -3.37. The van der Waals surface area contributed by atoms with Crippen LogP contribution in [0.5, 0.6) is 17.2 Å². The summed E-state index contributed by atoms with van der Waals surface area (Å²) in [4.78, 5) is 11.9. The van der Waals surface area contributed by atoms with Gasteiger partial charge in [0.05, 0.1) is 12.1 Å². The number of hydrogen-bond acceptors (Lipinski definition) is 4. The van der Waals surface area contributed by atoms with Crippen LogP contribution < -0.4 is 19.5 Å². The van der Waals surface area contributed by atoms with Gasteiger partial charge in [-0.25, -0.2) is 0 Å². The first-order chi connectivity index (χ1) is 11.9. The molecule has 25 heavy (non-hydrogen) atoms. The lowest BCUT2D eigenvalue weighted by Gasteiger charge is -2.13. The first-order valence-corrected chi connectivity index (χ1v) is 7.65. The van der Waals surface area contributed by atoms with E-state index in [4.69, 9.17) is 32.7 Å². The van der Waals surface area contributed by atoms with Crippen molar-refractivity contribution in [2.24, 2.45) is 0 Å². The highest BCUT2D eigenvalue weighted by Gasteiger charge is 2.13. The Morgan fingerprint density at radius 1 is 1.12 bits per heavy atom. The molecule has 1 N–H and O–H groups in total. The van der Waals surface area contributed by atoms with E-state index < -0.39 is 12.5 Å². The van der Waals surface area contributed by atoms with Crippen LogP contribution >= 0.6 is 23.2 Å². The molecule has 1 amide bonds. The number of carbonyl (C=O) groups excluding carboxylic acids is 1. The molecule has 0 aliphatic carbocycles. The second-order valence-corrected chi connectivity index (χ2v) is 5.50. The zero-order valence-electron chi connectivity index (χ0n) is 12.9. The summed E-state index contributed by atoms with van der Waals surface area (Å²) >= 11 is 11.7. The van der Waals surface area contributed by atoms with E-state index in [1.165, 1.54) is 37.4 Å². The summed E-state index contributed by atoms with van der Waals surface area (Å²) in [5, 5.41) is 3.20. The second-order valence-electron chi connectivity index (χ2n) is 4.66. The third kappa shape index (κ3) is 5.65. The molecule has 0 aliphatic heterocycles. The number of carbonyl (C=O) groups is 1. The summed E-state index contributed by atoms with van der Waals surface area (Å²) in [6.07, 6.45) is 0. The minimum Gasteiger partial charge on any atom is -0.493 e. The quantitative estimate of drug-likeness (QED) is 0.747. The van der Waals surface area contributed by atoms with Crippen molar-refractivity contribution in [2.45, 2.75) is 6.61 Å². The van der Waals surface area contributed by atoms with Gasteiger partial charge in [-0.1, -0.05) is 23.2 Å². The molecule has 0 unspecified atom stereocenters. The minimum atomic E-state index is -3.02. The highest BCUT2D eigenvalue weighted by molar-refractivity contribution is 6.34. The van der Waals surface area contributed by atoms with Crippen molar-refractivity contribution < 1.29 is 27.8 Å². The van der Waals surface area contributed by atoms with Gasteiger partial charge in [0.15, 0.2) is 18.1 Å². The molecule has 0 heterocycles. The van der Waals surface area contributed by atoms with E-state index in [0.717, 1.165) is 0 Å². The van der Waals surface area contributed by atoms with Crippen molar-refractivity contribution in [2.75, 3.05) is 19.0 Å². The Labute approximate surface area is 152 Å². The molecule has 5 nitrogen and oxygen atoms in total. The maximum absolute atomic E-state index is 12.4. The summed E-state index contributed by atoms with van der Waals surface area (Å²) in [6, 6.07) is 8.67. The predicted molar refractivity (Wildman–Crippen MR) is 90.2 cm³/mol. The number of hydrogen-bond donors (Lipinski definition) is 1. The molecule has 0 spiro atoms. The molecule has 0 saturated heterocycles. The van der Waals surface area contributed by atoms with E-state index in [1.807, 2.05) is 0 Å². The van der Waals surface area contributed by atoms with Crippen LogP contribution in [-0.4, -0.2) is 26.2 Å². The van der Waals surface area contributed by atoms with Gasteiger partial charge in [0, 0.05) is 22.8 Å². The average molecular weight is 392 g/mol. The minimum absolute atomic E-state index is 0.111. The van der Waals surface area contributed by atoms with E-state index in [1.54, 1.807) is 6.07 Å². The van der Waals surface area contributed by atoms with Crippen LogP contribution in [0.4, 0.5) is 14.5 Å². The lowest BCUT2D eigenvalue weighted by molar-refractivity contribution is -0.118. The molecule has 134 valence electrons. The number of methoxy groups -OCH3 is 1. The van der Waals surface area contributed by atoms with Crippen LogP contribution in [0.2, 0.25) is 10.0 Å². The lowest BCUT2D eigenvalue weighted by Crippen LogP contribution is -2.20. The maximum atomic E-state index is 12.4. The van der Waals surface area contributed by atoms with Crippen molar-refractivity contribution in [3.63, 3.8) is 0 Å². The Hall–Kier alpha value is -2.25. The molecule has 0 saturated carbocycles. The van der Waals surface area contributed by atoms with Gasteiger partial charge in [0.25, 0.3) is 5.91 Å². The molecular formula is C16H13Cl2F2NO4. The van der Waals surface area contributed by atoms with Gasteiger partial charge in [-0.3, -0.25) is 4.79 Å². The fraction of sp³-hybridized carbons (Fsp3) is 0.188. The van der Waals surface area contributed by atoms with Crippen LogP contribution in [0.25, 0.3) is 0 Å². The fourth-order valence-electron chi connectivity index (χ4n) is 1.87. The topological polar surface area (TPSA) is 56.8 Å². The Kier molecular flexibility index (Phi) is 6.66. The molecule has 0 bridgehead atoms. The van der Waals surface area contributed by atoms with Crippen LogP contribution in [0.3, 0.4) is 0 Å². The average Bonchev–Trinajstić information content (AvgIpc) is 2.55. The molecular weight excluding hydrogens is 379 g/mol. The Morgan fingerprint density at radius 3 is 2.56 bits per heavy atom. The van der Waals surface area contributed by atoms with E-state index in [9.17, 15) is 13.6 Å². The number of benzene rings is 2. The van der Waals surface area contributed by atoms with Gasteiger partial charge >= 0.3 is 6.61 Å². The summed E-state index contributed by atoms with van der Waals surface area (Å²) < 4.78 is 39.3. The first-order valence-electron chi connectivity index (χ1n) is 6.89. The van der Waals surface area contributed by atoms with Crippen LogP contribution in [0, 0.1) is 0 Å². The molecule has 0 radical (unpaired) electrons. The number of halogens is 4. The highest BCUT2D eigenvalue weighted by Crippen LogP contribution is 2.31. The third-order valence-electron chi connectivity index (χ3n) is 2.92. The Morgan fingerprint density at radius 2 is 1.88 bits per heavy atom. The second kappa shape index (κ2) is 8.73. The molecule has 2 rings (SSSR count). The van der Waals surface area contributed by atoms with Gasteiger partial charge in [-0.2, -0.15) is 8.78 Å². The van der Waals surface area contributed by atoms with E-state index in [-0.39, 0.29) is 29.5 Å². The van der Waals surface area contributed by atoms with Gasteiger partial charge in [0.1, 0.15) is 5.75 Å². The first kappa shape index (κ1) is 19.1. The zero-order valence-corrected chi connectivity index (χ0v) is 14.4. The van der Waals surface area contributed by atoms with E-state index >= 15 is 0 Å². The summed E-state index contributed by atoms with van der Waals surface area (Å²) in [5.41, 5.74) is 0.238. The van der Waals surface area contributed by atoms with Gasteiger partial charge < -0.3 is 19.5 Å². The van der Waals surface area contributed by atoms with Crippen molar-refractivity contribution in [1.29, 1.82) is 0 Å². The van der Waals surface area contributed by atoms with Gasteiger partial charge in [-0.15, -0.1) is 0 Å². The molecule has 9 heteroatoms. The van der Waals surface area contributed by atoms with Crippen LogP contribution in [0.1, 0.15) is 0 Å². The molecule has 0 atom stereocenters. The standard InChI is InChI=1S/C16H13Cl2F2NO4/c1-23-12-5-3-10(7-14(12)25-16(19)20)21-15(22)8-24-13-6-9(17)2-4-11(13)18/h2-7,16H,8H2,1H3,(H,21,22). The number of ether oxygens (including phenoxy) is 3. The fourth-order valence-corrected chi connectivity index (χ4v) is 2.20. The maximum Gasteiger partial charge on any atom is 0.387 e. The Bertz CT molecular complexity index is 759. The smallest absolute Gasteiger partial charge is 0.387 e. The molecule has 2 aromatic rings. The van der Waals surface area contributed by atoms with Crippen molar-refractivity contribution in [3.8, 4) is 17.2 Å². The number of alkyl halides is 2. The molecule has 0 aromatic heterocycles. The van der Waals surface area contributed by atoms with E-state index in [0.29, 0.717) is 10.0 Å². The molecule has 2 aromatic carbocycles. The summed E-state index contributed by atoms with van der Waals surface area (Å²) in [5.74, 6) is -0.362. The largest absolute Gasteiger partial charge is 0.493 e. The predicted octanol–water partition coefficient (Wildman–Crippen LogP) is 4.62. The molecule has 0 aliphatic rings. The number of rotatable bonds is 7. The van der Waals surface area contributed by atoms with Crippen LogP contribution in [0.15, 0.2) is 36.4 Å². The van der Waals surface area contributed by atoms with Gasteiger partial charge in [0.2, 0.25) is 0 Å². The number of amides is 1. The van der Waals surface area contributed by atoms with Crippen molar-refractivity contribution in [1.82, 2.24) is 0 Å². The SMILES string of the molecule is COc1ccc(NC(=O)COc2cc(Cl)ccc2Cl)cc1OC(F)F. The van der Waals surface area contributed by atoms with Crippen molar-refractivity contribution in [3.05, 3.63) is 46.4 Å². The number of nitrogens with one attached hydrogen (secondary N) is 1. The third-order valence-corrected chi connectivity index (χ3v) is 3.46. The van der Waals surface area contributed by atoms with E-state index in [2.05, 4.69) is 10.1 Å². The lowest BCUT2D eigenvalue weighted by atomic mass is 10.2. The normalized spacial score (nSPS) is 10.5. The monoisotopic (exact) mass is 391 g/mol. The van der Waals surface area contributed by atoms with Gasteiger partial charge in [-0.05, 0) is 24.3 Å². The highest BCUT2D eigenvalue weighted by atomic mass is 35.5. The molecule has 0 fully saturated rings. The van der Waals surface area contributed by atoms with Crippen LogP contribution in [-0.2, 0) is 4.79 Å². The van der Waals surface area contributed by atoms with Crippen molar-refractivity contribution >= 4 is 34.8 Å².